The second kappa shape index (κ2) is 8.93. The third-order valence-electron chi connectivity index (χ3n) is 6.35. The van der Waals surface area contributed by atoms with Gasteiger partial charge in [0.1, 0.15) is 0 Å². The molecule has 5 nitrogen and oxygen atoms in total. The van der Waals surface area contributed by atoms with Crippen molar-refractivity contribution in [1.29, 1.82) is 0 Å². The first kappa shape index (κ1) is 19.9. The molecule has 2 aromatic rings. The van der Waals surface area contributed by atoms with Crippen molar-refractivity contribution >= 4 is 5.91 Å². The minimum atomic E-state index is -0.00183. The van der Waals surface area contributed by atoms with Crippen LogP contribution in [0.15, 0.2) is 35.1 Å². The van der Waals surface area contributed by atoms with Gasteiger partial charge in [0.15, 0.2) is 0 Å². The maximum atomic E-state index is 13.1. The number of aromatic nitrogens is 2. The van der Waals surface area contributed by atoms with Crippen LogP contribution in [-0.2, 0) is 19.4 Å². The fraction of sp³-hybridized carbons (Fsp3) is 0.542. The van der Waals surface area contributed by atoms with Gasteiger partial charge in [-0.15, -0.1) is 0 Å². The number of hydrogen-bond donors (Lipinski definition) is 0. The van der Waals surface area contributed by atoms with Gasteiger partial charge in [0.25, 0.3) is 11.5 Å². The highest BCUT2D eigenvalue weighted by Gasteiger charge is 2.27. The van der Waals surface area contributed by atoms with E-state index in [1.54, 1.807) is 10.7 Å². The SMILES string of the molecule is Cc1cccc(C(=O)N2CCCC[C@@H]2CCn2nc3c(cc2=O)CCCCC3)c1. The summed E-state index contributed by atoms with van der Waals surface area (Å²) in [6, 6.07) is 9.79. The summed E-state index contributed by atoms with van der Waals surface area (Å²) in [5, 5.41) is 4.70. The molecule has 2 aliphatic rings. The highest BCUT2D eigenvalue weighted by Crippen LogP contribution is 2.23. The third-order valence-corrected chi connectivity index (χ3v) is 6.35. The summed E-state index contributed by atoms with van der Waals surface area (Å²) in [7, 11) is 0. The van der Waals surface area contributed by atoms with E-state index in [9.17, 15) is 9.59 Å². The molecule has 1 aromatic carbocycles. The molecule has 0 spiro atoms. The van der Waals surface area contributed by atoms with Gasteiger partial charge < -0.3 is 4.90 Å². The number of rotatable bonds is 4. The molecule has 29 heavy (non-hydrogen) atoms. The zero-order valence-corrected chi connectivity index (χ0v) is 17.4. The Bertz CT molecular complexity index is 934. The van der Waals surface area contributed by atoms with E-state index in [0.29, 0.717) is 6.54 Å². The standard InChI is InChI=1S/C24H31N3O2/c1-18-8-7-10-20(16-18)24(29)26-14-6-5-11-21(26)13-15-27-23(28)17-19-9-3-2-4-12-22(19)25-27/h7-8,10,16-17,21H,2-6,9,11-15H2,1H3/t21-/m1/s1. The van der Waals surface area contributed by atoms with Gasteiger partial charge in [-0.2, -0.15) is 5.10 Å². The van der Waals surface area contributed by atoms with Crippen molar-refractivity contribution in [2.45, 2.75) is 77.3 Å². The van der Waals surface area contributed by atoms with Crippen LogP contribution in [0.1, 0.15) is 72.1 Å². The highest BCUT2D eigenvalue weighted by molar-refractivity contribution is 5.94. The molecule has 0 bridgehead atoms. The van der Waals surface area contributed by atoms with Crippen molar-refractivity contribution in [3.8, 4) is 0 Å². The molecule has 154 valence electrons. The Morgan fingerprint density at radius 1 is 1.10 bits per heavy atom. The van der Waals surface area contributed by atoms with Crippen molar-refractivity contribution in [1.82, 2.24) is 14.7 Å². The van der Waals surface area contributed by atoms with Crippen LogP contribution in [-0.4, -0.2) is 33.2 Å². The number of aryl methyl sites for hydroxylation is 4. The van der Waals surface area contributed by atoms with E-state index in [4.69, 9.17) is 5.10 Å². The fourth-order valence-corrected chi connectivity index (χ4v) is 4.72. The molecule has 4 rings (SSSR count). The van der Waals surface area contributed by atoms with E-state index in [1.165, 1.54) is 6.42 Å². The normalized spacial score (nSPS) is 19.5. The molecule has 1 saturated heterocycles. The van der Waals surface area contributed by atoms with E-state index in [-0.39, 0.29) is 17.5 Å². The van der Waals surface area contributed by atoms with Gasteiger partial charge in [0.2, 0.25) is 0 Å². The molecule has 1 atom stereocenters. The van der Waals surface area contributed by atoms with Gasteiger partial charge >= 0.3 is 0 Å². The van der Waals surface area contributed by atoms with Crippen LogP contribution in [0.3, 0.4) is 0 Å². The van der Waals surface area contributed by atoms with Gasteiger partial charge in [-0.25, -0.2) is 4.68 Å². The number of benzene rings is 1. The molecule has 0 N–H and O–H groups in total. The lowest BCUT2D eigenvalue weighted by molar-refractivity contribution is 0.0593. The first-order valence-corrected chi connectivity index (χ1v) is 11.1. The number of carbonyl (C=O) groups is 1. The van der Waals surface area contributed by atoms with Gasteiger partial charge in [-0.1, -0.05) is 24.1 Å². The van der Waals surface area contributed by atoms with E-state index in [0.717, 1.165) is 80.3 Å². The molecule has 5 heteroatoms. The Kier molecular flexibility index (Phi) is 6.12. The Hall–Kier alpha value is -2.43. The van der Waals surface area contributed by atoms with E-state index in [1.807, 2.05) is 36.1 Å². The Morgan fingerprint density at radius 2 is 1.97 bits per heavy atom. The van der Waals surface area contributed by atoms with Crippen LogP contribution in [0.5, 0.6) is 0 Å². The maximum Gasteiger partial charge on any atom is 0.267 e. The lowest BCUT2D eigenvalue weighted by Gasteiger charge is -2.36. The van der Waals surface area contributed by atoms with Crippen LogP contribution >= 0.6 is 0 Å². The minimum Gasteiger partial charge on any atom is -0.336 e. The van der Waals surface area contributed by atoms with Gasteiger partial charge in [-0.3, -0.25) is 9.59 Å². The predicted molar refractivity (Wildman–Crippen MR) is 114 cm³/mol. The monoisotopic (exact) mass is 393 g/mol. The number of fused-ring (bicyclic) bond motifs is 1. The molecule has 0 radical (unpaired) electrons. The average molecular weight is 394 g/mol. The van der Waals surface area contributed by atoms with Gasteiger partial charge in [-0.05, 0) is 76.0 Å². The number of nitrogens with zero attached hydrogens (tertiary/aromatic N) is 3. The second-order valence-corrected chi connectivity index (χ2v) is 8.54. The molecule has 1 fully saturated rings. The number of piperidine rings is 1. The molecule has 0 unspecified atom stereocenters. The quantitative estimate of drug-likeness (QED) is 0.740. The molecular weight excluding hydrogens is 362 g/mol. The number of amides is 1. The first-order chi connectivity index (χ1) is 14.1. The molecule has 2 heterocycles. The minimum absolute atomic E-state index is 0.00183. The Labute approximate surface area is 172 Å². The van der Waals surface area contributed by atoms with Crippen molar-refractivity contribution < 1.29 is 4.79 Å². The number of likely N-dealkylation sites (tertiary alicyclic amines) is 1. The van der Waals surface area contributed by atoms with E-state index in [2.05, 4.69) is 0 Å². The van der Waals surface area contributed by atoms with Crippen molar-refractivity contribution in [3.05, 3.63) is 63.1 Å². The molecular formula is C24H31N3O2. The molecule has 1 amide bonds. The van der Waals surface area contributed by atoms with Crippen LogP contribution in [0.25, 0.3) is 0 Å². The van der Waals surface area contributed by atoms with E-state index >= 15 is 0 Å². The third kappa shape index (κ3) is 4.60. The summed E-state index contributed by atoms with van der Waals surface area (Å²) in [4.78, 5) is 27.7. The number of hydrogen-bond acceptors (Lipinski definition) is 3. The van der Waals surface area contributed by atoms with E-state index < -0.39 is 0 Å². The summed E-state index contributed by atoms with van der Waals surface area (Å²) in [6.07, 6.45) is 9.41. The molecule has 1 aliphatic carbocycles. The second-order valence-electron chi connectivity index (χ2n) is 8.54. The fourth-order valence-electron chi connectivity index (χ4n) is 4.72. The largest absolute Gasteiger partial charge is 0.336 e. The van der Waals surface area contributed by atoms with Crippen molar-refractivity contribution in [3.63, 3.8) is 0 Å². The summed E-state index contributed by atoms with van der Waals surface area (Å²) >= 11 is 0. The summed E-state index contributed by atoms with van der Waals surface area (Å²) in [5.41, 5.74) is 4.09. The van der Waals surface area contributed by atoms with Crippen molar-refractivity contribution in [2.24, 2.45) is 0 Å². The maximum absolute atomic E-state index is 13.1. The van der Waals surface area contributed by atoms with Crippen molar-refractivity contribution in [2.75, 3.05) is 6.54 Å². The Balaban J connectivity index is 1.48. The molecule has 0 saturated carbocycles. The topological polar surface area (TPSA) is 55.2 Å². The molecule has 1 aliphatic heterocycles. The number of carbonyl (C=O) groups excluding carboxylic acids is 1. The first-order valence-electron chi connectivity index (χ1n) is 11.1. The smallest absolute Gasteiger partial charge is 0.267 e. The van der Waals surface area contributed by atoms with Crippen LogP contribution < -0.4 is 5.56 Å². The lowest BCUT2D eigenvalue weighted by Crippen LogP contribution is -2.44. The van der Waals surface area contributed by atoms with Crippen LogP contribution in [0, 0.1) is 6.92 Å². The zero-order valence-electron chi connectivity index (χ0n) is 17.4. The predicted octanol–water partition coefficient (Wildman–Crippen LogP) is 3.91. The van der Waals surface area contributed by atoms with Crippen LogP contribution in [0.2, 0.25) is 0 Å². The Morgan fingerprint density at radius 3 is 2.83 bits per heavy atom. The zero-order chi connectivity index (χ0) is 20.2. The lowest BCUT2D eigenvalue weighted by atomic mass is 9.98. The van der Waals surface area contributed by atoms with Gasteiger partial charge in [0.05, 0.1) is 5.69 Å². The summed E-state index contributed by atoms with van der Waals surface area (Å²) in [5.74, 6) is 0.112. The average Bonchev–Trinajstić information content (AvgIpc) is 2.96. The summed E-state index contributed by atoms with van der Waals surface area (Å²) < 4.78 is 1.63. The van der Waals surface area contributed by atoms with Crippen LogP contribution in [0.4, 0.5) is 0 Å². The molecule has 1 aromatic heterocycles. The highest BCUT2D eigenvalue weighted by atomic mass is 16.2. The van der Waals surface area contributed by atoms with Gasteiger partial charge in [0, 0.05) is 30.8 Å². The summed E-state index contributed by atoms with van der Waals surface area (Å²) in [6.45, 7) is 3.39.